The summed E-state index contributed by atoms with van der Waals surface area (Å²) < 4.78 is 18.6. The fourth-order valence-corrected chi connectivity index (χ4v) is 4.69. The van der Waals surface area contributed by atoms with Gasteiger partial charge in [-0.25, -0.2) is 4.39 Å². The number of ether oxygens (including phenoxy) is 1. The highest BCUT2D eigenvalue weighted by atomic mass is 35.5. The van der Waals surface area contributed by atoms with Crippen LogP contribution in [0, 0.1) is 5.82 Å². The second kappa shape index (κ2) is 10.4. The molecule has 0 saturated carbocycles. The molecule has 1 N–H and O–H groups in total. The molecule has 3 aromatic rings. The van der Waals surface area contributed by atoms with Crippen molar-refractivity contribution in [1.82, 2.24) is 4.90 Å². The number of Topliss-reactive ketones (excluding diaryl/α,β-unsaturated/α-hetero) is 1. The number of hydrogen-bond acceptors (Lipinski definition) is 4. The number of methoxy groups -OCH3 is 1. The molecule has 0 spiro atoms. The third-order valence-electron chi connectivity index (χ3n) is 6.62. The minimum atomic E-state index is -0.822. The number of carbonyl (C=O) groups excluding carboxylic acids is 2. The fraction of sp³-hybridized carbons (Fsp3) is 0.267. The average Bonchev–Trinajstić information content (AvgIpc) is 3.12. The number of benzene rings is 3. The van der Waals surface area contributed by atoms with Crippen molar-refractivity contribution in [3.05, 3.63) is 105 Å². The molecular formula is C30H29ClFNO4. The normalized spacial score (nSPS) is 17.4. The number of nitrogens with zero attached hydrogens (tertiary/aromatic N) is 1. The standard InChI is InChI=1S/C30H29ClFNO4/c1-30(2,3)20-9-7-19(8-10-20)26-25(27(34)23-17-22(37-4)13-14-24(23)31)28(35)29(36)33(26)16-15-18-5-11-21(32)12-6-18/h5-14,17,26,34H,15-16H2,1-4H3/b27-25+. The molecule has 1 fully saturated rings. The number of aliphatic hydroxyl groups excluding tert-OH is 1. The van der Waals surface area contributed by atoms with Crippen LogP contribution in [0.3, 0.4) is 0 Å². The molecule has 3 aromatic carbocycles. The van der Waals surface area contributed by atoms with Gasteiger partial charge in [-0.3, -0.25) is 9.59 Å². The first-order valence-electron chi connectivity index (χ1n) is 12.0. The minimum absolute atomic E-state index is 0.0391. The Hall–Kier alpha value is -3.64. The first kappa shape index (κ1) is 26.4. The first-order valence-corrected chi connectivity index (χ1v) is 12.4. The quantitative estimate of drug-likeness (QED) is 0.230. The van der Waals surface area contributed by atoms with Crippen LogP contribution in [0.4, 0.5) is 4.39 Å². The van der Waals surface area contributed by atoms with Crippen LogP contribution in [0.2, 0.25) is 5.02 Å². The maximum atomic E-state index is 13.4. The van der Waals surface area contributed by atoms with Gasteiger partial charge in [-0.15, -0.1) is 0 Å². The second-order valence-electron chi connectivity index (χ2n) is 10.1. The molecule has 1 aliphatic heterocycles. The summed E-state index contributed by atoms with van der Waals surface area (Å²) in [5, 5.41) is 11.6. The van der Waals surface area contributed by atoms with E-state index in [1.54, 1.807) is 24.3 Å². The van der Waals surface area contributed by atoms with Gasteiger partial charge in [0.15, 0.2) is 0 Å². The monoisotopic (exact) mass is 521 g/mol. The summed E-state index contributed by atoms with van der Waals surface area (Å²) in [4.78, 5) is 28.0. The zero-order valence-electron chi connectivity index (χ0n) is 21.2. The molecule has 1 amide bonds. The number of halogens is 2. The van der Waals surface area contributed by atoms with Crippen LogP contribution >= 0.6 is 11.6 Å². The molecule has 37 heavy (non-hydrogen) atoms. The van der Waals surface area contributed by atoms with Crippen molar-refractivity contribution in [2.45, 2.75) is 38.6 Å². The number of amides is 1. The van der Waals surface area contributed by atoms with Crippen molar-refractivity contribution in [2.75, 3.05) is 13.7 Å². The van der Waals surface area contributed by atoms with Gasteiger partial charge in [-0.2, -0.15) is 0 Å². The Morgan fingerprint density at radius 1 is 1.03 bits per heavy atom. The van der Waals surface area contributed by atoms with E-state index in [4.69, 9.17) is 16.3 Å². The molecular weight excluding hydrogens is 493 g/mol. The lowest BCUT2D eigenvalue weighted by atomic mass is 9.85. The van der Waals surface area contributed by atoms with Crippen molar-refractivity contribution in [1.29, 1.82) is 0 Å². The molecule has 1 heterocycles. The molecule has 4 rings (SSSR count). The summed E-state index contributed by atoms with van der Waals surface area (Å²) in [6.45, 7) is 6.50. The number of rotatable bonds is 6. The van der Waals surface area contributed by atoms with Gasteiger partial charge in [-0.1, -0.05) is 68.8 Å². The van der Waals surface area contributed by atoms with E-state index in [9.17, 15) is 19.1 Å². The van der Waals surface area contributed by atoms with E-state index < -0.39 is 17.7 Å². The first-order chi connectivity index (χ1) is 17.5. The Morgan fingerprint density at radius 2 is 1.68 bits per heavy atom. The second-order valence-corrected chi connectivity index (χ2v) is 10.5. The van der Waals surface area contributed by atoms with E-state index in [0.717, 1.165) is 11.1 Å². The van der Waals surface area contributed by atoms with Gasteiger partial charge in [0.05, 0.1) is 23.7 Å². The highest BCUT2D eigenvalue weighted by molar-refractivity contribution is 6.47. The largest absolute Gasteiger partial charge is 0.507 e. The molecule has 1 atom stereocenters. The maximum Gasteiger partial charge on any atom is 0.295 e. The molecule has 0 aliphatic carbocycles. The van der Waals surface area contributed by atoms with Crippen molar-refractivity contribution < 1.29 is 23.8 Å². The van der Waals surface area contributed by atoms with Gasteiger partial charge in [0, 0.05) is 12.1 Å². The van der Waals surface area contributed by atoms with Crippen LogP contribution in [0.1, 0.15) is 49.1 Å². The van der Waals surface area contributed by atoms with E-state index in [-0.39, 0.29) is 39.7 Å². The lowest BCUT2D eigenvalue weighted by molar-refractivity contribution is -0.139. The molecule has 0 radical (unpaired) electrons. The minimum Gasteiger partial charge on any atom is -0.507 e. The van der Waals surface area contributed by atoms with Gasteiger partial charge in [-0.05, 0) is 58.9 Å². The van der Waals surface area contributed by atoms with Gasteiger partial charge >= 0.3 is 0 Å². The third kappa shape index (κ3) is 5.39. The lowest BCUT2D eigenvalue weighted by Gasteiger charge is -2.26. The van der Waals surface area contributed by atoms with Crippen molar-refractivity contribution in [3.63, 3.8) is 0 Å². The highest BCUT2D eigenvalue weighted by Gasteiger charge is 2.46. The van der Waals surface area contributed by atoms with Crippen molar-refractivity contribution in [2.24, 2.45) is 0 Å². The molecule has 7 heteroatoms. The van der Waals surface area contributed by atoms with Crippen molar-refractivity contribution >= 4 is 29.1 Å². The SMILES string of the molecule is COc1ccc(Cl)c(/C(O)=C2\C(=O)C(=O)N(CCc3ccc(F)cc3)C2c2ccc(C(C)(C)C)cc2)c1. The van der Waals surface area contributed by atoms with Gasteiger partial charge < -0.3 is 14.7 Å². The number of ketones is 1. The lowest BCUT2D eigenvalue weighted by Crippen LogP contribution is -2.31. The molecule has 0 aromatic heterocycles. The summed E-state index contributed by atoms with van der Waals surface area (Å²) in [7, 11) is 1.48. The Balaban J connectivity index is 1.82. The van der Waals surface area contributed by atoms with Crippen LogP contribution in [0.25, 0.3) is 5.76 Å². The maximum absolute atomic E-state index is 13.4. The number of aliphatic hydroxyl groups is 1. The molecule has 0 bridgehead atoms. The predicted octanol–water partition coefficient (Wildman–Crippen LogP) is 6.45. The smallest absolute Gasteiger partial charge is 0.295 e. The summed E-state index contributed by atoms with van der Waals surface area (Å²) in [6, 6.07) is 17.6. The van der Waals surface area contributed by atoms with Crippen LogP contribution in [-0.2, 0) is 21.4 Å². The van der Waals surface area contributed by atoms with Gasteiger partial charge in [0.1, 0.15) is 17.3 Å². The number of carbonyl (C=O) groups is 2. The zero-order valence-corrected chi connectivity index (χ0v) is 22.0. The molecule has 1 aliphatic rings. The van der Waals surface area contributed by atoms with Gasteiger partial charge in [0.25, 0.3) is 11.7 Å². The fourth-order valence-electron chi connectivity index (χ4n) is 4.48. The molecule has 5 nitrogen and oxygen atoms in total. The highest BCUT2D eigenvalue weighted by Crippen LogP contribution is 2.41. The Kier molecular flexibility index (Phi) is 7.42. The Morgan fingerprint density at radius 3 is 2.27 bits per heavy atom. The van der Waals surface area contributed by atoms with Crippen LogP contribution in [0.15, 0.2) is 72.3 Å². The van der Waals surface area contributed by atoms with Crippen molar-refractivity contribution in [3.8, 4) is 5.75 Å². The summed E-state index contributed by atoms with van der Waals surface area (Å²) in [5.74, 6) is -1.77. The number of likely N-dealkylation sites (tertiary alicyclic amines) is 1. The Bertz CT molecular complexity index is 1360. The van der Waals surface area contributed by atoms with E-state index in [1.165, 1.54) is 30.2 Å². The van der Waals surface area contributed by atoms with E-state index >= 15 is 0 Å². The predicted molar refractivity (Wildman–Crippen MR) is 142 cm³/mol. The van der Waals surface area contributed by atoms with E-state index in [0.29, 0.717) is 17.7 Å². The molecule has 1 saturated heterocycles. The third-order valence-corrected chi connectivity index (χ3v) is 6.95. The van der Waals surface area contributed by atoms with Crippen LogP contribution in [-0.4, -0.2) is 35.4 Å². The van der Waals surface area contributed by atoms with Crippen LogP contribution in [0.5, 0.6) is 5.75 Å². The average molecular weight is 522 g/mol. The van der Waals surface area contributed by atoms with E-state index in [2.05, 4.69) is 20.8 Å². The molecule has 1 unspecified atom stereocenters. The van der Waals surface area contributed by atoms with E-state index in [1.807, 2.05) is 24.3 Å². The molecule has 192 valence electrons. The number of hydrogen-bond donors (Lipinski definition) is 1. The Labute approximate surface area is 221 Å². The zero-order chi connectivity index (χ0) is 26.9. The summed E-state index contributed by atoms with van der Waals surface area (Å²) in [5.41, 5.74) is 2.68. The summed E-state index contributed by atoms with van der Waals surface area (Å²) >= 11 is 6.38. The van der Waals surface area contributed by atoms with Gasteiger partial charge in [0.2, 0.25) is 0 Å². The summed E-state index contributed by atoms with van der Waals surface area (Å²) in [6.07, 6.45) is 0.407. The van der Waals surface area contributed by atoms with Crippen LogP contribution < -0.4 is 4.74 Å². The topological polar surface area (TPSA) is 66.8 Å².